The summed E-state index contributed by atoms with van der Waals surface area (Å²) in [4.78, 5) is 12.1. The van der Waals surface area contributed by atoms with Crippen LogP contribution in [0.4, 0.5) is 0 Å². The fraction of sp³-hybridized carbons (Fsp3) is 0.864. The standard InChI is InChI=1S/C22H30O7/c1-9-11-8-12(24)13-20-7-5-6-19(3,4)14(20)17(27-10(2)23)22(26)21(13,15(9)25)16(11)28-18(20)29-22/h11-18,24-26H,1,5-8H2,2-4H3/t11-,12-,13-,14+,15+,16-,17-,18-,20-,21-,22+/m0/s1. The van der Waals surface area contributed by atoms with Gasteiger partial charge in [-0.3, -0.25) is 4.79 Å². The highest BCUT2D eigenvalue weighted by atomic mass is 16.8. The van der Waals surface area contributed by atoms with Gasteiger partial charge in [0.05, 0.1) is 23.7 Å². The molecule has 2 spiro atoms. The van der Waals surface area contributed by atoms with Crippen LogP contribution in [0.5, 0.6) is 0 Å². The van der Waals surface area contributed by atoms with Crippen molar-refractivity contribution in [3.63, 3.8) is 0 Å². The Morgan fingerprint density at radius 2 is 1.97 bits per heavy atom. The van der Waals surface area contributed by atoms with Crippen molar-refractivity contribution in [2.75, 3.05) is 0 Å². The first-order valence-electron chi connectivity index (χ1n) is 10.8. The number of ether oxygens (including phenoxy) is 3. The summed E-state index contributed by atoms with van der Waals surface area (Å²) < 4.78 is 18.5. The van der Waals surface area contributed by atoms with Crippen molar-refractivity contribution in [1.82, 2.24) is 0 Å². The van der Waals surface area contributed by atoms with E-state index in [1.165, 1.54) is 6.92 Å². The minimum Gasteiger partial charge on any atom is -0.456 e. The van der Waals surface area contributed by atoms with E-state index in [0.717, 1.165) is 19.3 Å². The van der Waals surface area contributed by atoms with Crippen molar-refractivity contribution in [2.45, 2.75) is 82.9 Å². The average molecular weight is 406 g/mol. The van der Waals surface area contributed by atoms with E-state index >= 15 is 0 Å². The van der Waals surface area contributed by atoms with Crippen molar-refractivity contribution in [2.24, 2.45) is 34.0 Å². The number of carbonyl (C=O) groups is 1. The van der Waals surface area contributed by atoms with E-state index in [1.807, 2.05) is 0 Å². The predicted octanol–water partition coefficient (Wildman–Crippen LogP) is 1.10. The number of aliphatic hydroxyl groups is 3. The van der Waals surface area contributed by atoms with Gasteiger partial charge in [-0.2, -0.15) is 0 Å². The second kappa shape index (κ2) is 5.07. The molecule has 7 bridgehead atoms. The molecule has 8 aliphatic rings. The first-order valence-corrected chi connectivity index (χ1v) is 10.8. The van der Waals surface area contributed by atoms with Gasteiger partial charge in [0.1, 0.15) is 0 Å². The molecule has 7 nitrogen and oxygen atoms in total. The summed E-state index contributed by atoms with van der Waals surface area (Å²) in [6, 6.07) is 0. The minimum atomic E-state index is -1.93. The van der Waals surface area contributed by atoms with Crippen LogP contribution in [-0.2, 0) is 19.0 Å². The molecule has 8 rings (SSSR count). The van der Waals surface area contributed by atoms with Gasteiger partial charge in [-0.05, 0) is 30.3 Å². The van der Waals surface area contributed by atoms with Crippen molar-refractivity contribution < 1.29 is 34.3 Å². The number of hydrogen-bond donors (Lipinski definition) is 3. The smallest absolute Gasteiger partial charge is 0.303 e. The summed E-state index contributed by atoms with van der Waals surface area (Å²) in [6.45, 7) is 9.69. The molecule has 4 aliphatic heterocycles. The lowest BCUT2D eigenvalue weighted by atomic mass is 9.34. The van der Waals surface area contributed by atoms with Crippen molar-refractivity contribution in [1.29, 1.82) is 0 Å². The zero-order chi connectivity index (χ0) is 20.7. The second-order valence-corrected chi connectivity index (χ2v) is 11.0. The monoisotopic (exact) mass is 406 g/mol. The molecule has 4 saturated heterocycles. The highest BCUT2D eigenvalue weighted by Gasteiger charge is 2.92. The van der Waals surface area contributed by atoms with Gasteiger partial charge in [-0.1, -0.05) is 26.8 Å². The third-order valence-electron chi connectivity index (χ3n) is 9.54. The van der Waals surface area contributed by atoms with Crippen molar-refractivity contribution in [3.05, 3.63) is 12.2 Å². The third-order valence-corrected chi connectivity index (χ3v) is 9.54. The number of esters is 1. The predicted molar refractivity (Wildman–Crippen MR) is 99.0 cm³/mol. The molecule has 0 radical (unpaired) electrons. The average Bonchev–Trinajstić information content (AvgIpc) is 2.76. The first kappa shape index (κ1) is 18.8. The zero-order valence-electron chi connectivity index (χ0n) is 17.1. The number of rotatable bonds is 1. The van der Waals surface area contributed by atoms with Crippen LogP contribution < -0.4 is 0 Å². The molecule has 160 valence electrons. The largest absolute Gasteiger partial charge is 0.456 e. The van der Waals surface area contributed by atoms with Crippen LogP contribution in [0.2, 0.25) is 0 Å². The number of aliphatic hydroxyl groups excluding tert-OH is 2. The molecule has 0 unspecified atom stereocenters. The molecule has 29 heavy (non-hydrogen) atoms. The minimum absolute atomic E-state index is 0.250. The lowest BCUT2D eigenvalue weighted by Gasteiger charge is -2.80. The normalized spacial score (nSPS) is 60.8. The SMILES string of the molecule is C=C1[C@@H](O)[C@@]23[C@H]4O[C@H]5O[C@]2(O)[C@@H](OC(C)=O)[C@@H]2C(C)(C)CCC[C@@]52[C@@H]3[C@@H](O)C[C@@H]14. The summed E-state index contributed by atoms with van der Waals surface area (Å²) in [7, 11) is 0. The zero-order valence-corrected chi connectivity index (χ0v) is 17.1. The molecule has 4 aliphatic carbocycles. The maximum atomic E-state index is 12.2. The Balaban J connectivity index is 1.67. The van der Waals surface area contributed by atoms with Crippen LogP contribution in [0.3, 0.4) is 0 Å². The molecule has 0 aromatic rings. The van der Waals surface area contributed by atoms with E-state index in [-0.39, 0.29) is 17.3 Å². The maximum Gasteiger partial charge on any atom is 0.303 e. The van der Waals surface area contributed by atoms with E-state index in [2.05, 4.69) is 20.4 Å². The van der Waals surface area contributed by atoms with Crippen molar-refractivity contribution in [3.8, 4) is 0 Å². The highest BCUT2D eigenvalue weighted by molar-refractivity contribution is 5.66. The lowest BCUT2D eigenvalue weighted by Crippen LogP contribution is -2.91. The van der Waals surface area contributed by atoms with Crippen molar-refractivity contribution >= 4 is 5.97 Å². The Kier molecular flexibility index (Phi) is 3.28. The van der Waals surface area contributed by atoms with E-state index in [0.29, 0.717) is 12.0 Å². The summed E-state index contributed by atoms with van der Waals surface area (Å²) in [5, 5.41) is 35.0. The van der Waals surface area contributed by atoms with Gasteiger partial charge in [0, 0.05) is 30.1 Å². The van der Waals surface area contributed by atoms with Crippen LogP contribution in [-0.4, -0.2) is 57.8 Å². The van der Waals surface area contributed by atoms with E-state index in [1.54, 1.807) is 0 Å². The fourth-order valence-electron chi connectivity index (χ4n) is 9.03. The molecule has 3 N–H and O–H groups in total. The molecule has 0 amide bonds. The second-order valence-electron chi connectivity index (χ2n) is 11.0. The molecular weight excluding hydrogens is 376 g/mol. The van der Waals surface area contributed by atoms with E-state index in [9.17, 15) is 20.1 Å². The lowest BCUT2D eigenvalue weighted by molar-refractivity contribution is -0.569. The highest BCUT2D eigenvalue weighted by Crippen LogP contribution is 2.82. The Hall–Kier alpha value is -0.990. The number of carbonyl (C=O) groups excluding carboxylic acids is 1. The van der Waals surface area contributed by atoms with Crippen LogP contribution in [0.15, 0.2) is 12.2 Å². The summed E-state index contributed by atoms with van der Waals surface area (Å²) in [5.41, 5.74) is -1.61. The van der Waals surface area contributed by atoms with E-state index in [4.69, 9.17) is 14.2 Å². The molecule has 8 fully saturated rings. The maximum absolute atomic E-state index is 12.2. The third kappa shape index (κ3) is 1.66. The fourth-order valence-corrected chi connectivity index (χ4v) is 9.03. The van der Waals surface area contributed by atoms with Gasteiger partial charge in [-0.15, -0.1) is 0 Å². The Bertz CT molecular complexity index is 824. The Morgan fingerprint density at radius 3 is 2.66 bits per heavy atom. The Morgan fingerprint density at radius 1 is 1.24 bits per heavy atom. The topological polar surface area (TPSA) is 105 Å². The van der Waals surface area contributed by atoms with Gasteiger partial charge in [0.15, 0.2) is 12.4 Å². The molecule has 7 heteroatoms. The molecule has 0 aromatic carbocycles. The van der Waals surface area contributed by atoms with Crippen LogP contribution >= 0.6 is 0 Å². The summed E-state index contributed by atoms with van der Waals surface area (Å²) in [6.07, 6.45) is -0.899. The quantitative estimate of drug-likeness (QED) is 0.442. The van der Waals surface area contributed by atoms with Gasteiger partial charge in [0.25, 0.3) is 0 Å². The van der Waals surface area contributed by atoms with Gasteiger partial charge in [0.2, 0.25) is 5.79 Å². The van der Waals surface area contributed by atoms with Crippen LogP contribution in [0, 0.1) is 34.0 Å². The van der Waals surface area contributed by atoms with Crippen LogP contribution in [0.25, 0.3) is 0 Å². The molecule has 4 saturated carbocycles. The summed E-state index contributed by atoms with van der Waals surface area (Å²) in [5.74, 6) is -3.33. The van der Waals surface area contributed by atoms with E-state index < -0.39 is 59.2 Å². The first-order chi connectivity index (χ1) is 13.5. The molecule has 4 heterocycles. The number of hydrogen-bond acceptors (Lipinski definition) is 7. The van der Waals surface area contributed by atoms with Gasteiger partial charge in [-0.25, -0.2) is 0 Å². The Labute approximate surface area is 170 Å². The summed E-state index contributed by atoms with van der Waals surface area (Å²) >= 11 is 0. The van der Waals surface area contributed by atoms with Crippen LogP contribution in [0.1, 0.15) is 46.5 Å². The molecule has 0 aromatic heterocycles. The molecular formula is C22H30O7. The van der Waals surface area contributed by atoms with Gasteiger partial charge < -0.3 is 29.5 Å². The molecule has 11 atom stereocenters. The van der Waals surface area contributed by atoms with Gasteiger partial charge >= 0.3 is 5.97 Å².